The Labute approximate surface area is 123 Å². The predicted molar refractivity (Wildman–Crippen MR) is 77.0 cm³/mol. The third kappa shape index (κ3) is 4.75. The molecular formula is C15H20N2O4. The van der Waals surface area contributed by atoms with E-state index in [1.807, 2.05) is 0 Å². The van der Waals surface area contributed by atoms with Crippen molar-refractivity contribution in [1.82, 2.24) is 10.6 Å². The number of urea groups is 1. The van der Waals surface area contributed by atoms with Gasteiger partial charge in [-0.25, -0.2) is 9.59 Å². The molecule has 4 N–H and O–H groups in total. The number of aliphatic hydroxyl groups excluding tert-OH is 1. The second-order valence-corrected chi connectivity index (χ2v) is 5.33. The second-order valence-electron chi connectivity index (χ2n) is 5.33. The Morgan fingerprint density at radius 3 is 2.29 bits per heavy atom. The number of hydrogen-bond acceptors (Lipinski definition) is 3. The molecule has 0 spiro atoms. The molecule has 2 rings (SSSR count). The summed E-state index contributed by atoms with van der Waals surface area (Å²) in [5.41, 5.74) is 1.07. The molecule has 1 aromatic rings. The minimum atomic E-state index is -0.966. The molecule has 0 unspecified atom stereocenters. The average molecular weight is 292 g/mol. The molecule has 114 valence electrons. The van der Waals surface area contributed by atoms with E-state index in [1.165, 1.54) is 12.1 Å². The molecule has 1 aliphatic rings. The summed E-state index contributed by atoms with van der Waals surface area (Å²) in [6.45, 7) is 0.348. The van der Waals surface area contributed by atoms with Crippen molar-refractivity contribution in [2.24, 2.45) is 0 Å². The number of hydrogen-bond donors (Lipinski definition) is 4. The van der Waals surface area contributed by atoms with E-state index in [0.717, 1.165) is 31.2 Å². The van der Waals surface area contributed by atoms with Crippen LogP contribution in [0.1, 0.15) is 41.6 Å². The van der Waals surface area contributed by atoms with Gasteiger partial charge in [0, 0.05) is 12.6 Å². The van der Waals surface area contributed by atoms with Crippen molar-refractivity contribution in [3.05, 3.63) is 35.4 Å². The van der Waals surface area contributed by atoms with Crippen LogP contribution in [-0.2, 0) is 6.54 Å². The van der Waals surface area contributed by atoms with E-state index in [4.69, 9.17) is 5.11 Å². The second kappa shape index (κ2) is 7.08. The van der Waals surface area contributed by atoms with Gasteiger partial charge in [-0.05, 0) is 43.4 Å². The Morgan fingerprint density at radius 2 is 1.71 bits per heavy atom. The molecule has 21 heavy (non-hydrogen) atoms. The van der Waals surface area contributed by atoms with Crippen molar-refractivity contribution < 1.29 is 19.8 Å². The standard InChI is InChI=1S/C15H20N2O4/c18-13-7-5-12(6-8-13)17-15(21)16-9-10-1-3-11(4-2-10)14(19)20/h1-4,12-13,18H,5-9H2,(H,19,20)(H2,16,17,21). The molecule has 0 atom stereocenters. The summed E-state index contributed by atoms with van der Waals surface area (Å²) in [5.74, 6) is -0.966. The van der Waals surface area contributed by atoms with Crippen molar-refractivity contribution in [1.29, 1.82) is 0 Å². The fourth-order valence-corrected chi connectivity index (χ4v) is 2.40. The molecule has 1 aliphatic carbocycles. The third-order valence-electron chi connectivity index (χ3n) is 3.69. The summed E-state index contributed by atoms with van der Waals surface area (Å²) >= 11 is 0. The van der Waals surface area contributed by atoms with Gasteiger partial charge in [0.25, 0.3) is 0 Å². The van der Waals surface area contributed by atoms with Gasteiger partial charge in [0.1, 0.15) is 0 Å². The zero-order valence-corrected chi connectivity index (χ0v) is 11.7. The van der Waals surface area contributed by atoms with E-state index >= 15 is 0 Å². The maximum Gasteiger partial charge on any atom is 0.335 e. The summed E-state index contributed by atoms with van der Waals surface area (Å²) in [5, 5.41) is 23.8. The van der Waals surface area contributed by atoms with Crippen molar-refractivity contribution >= 4 is 12.0 Å². The van der Waals surface area contributed by atoms with Crippen LogP contribution in [0.4, 0.5) is 4.79 Å². The molecule has 2 amide bonds. The predicted octanol–water partition coefficient (Wildman–Crippen LogP) is 1.49. The molecule has 0 heterocycles. The van der Waals surface area contributed by atoms with Gasteiger partial charge in [-0.3, -0.25) is 0 Å². The Kier molecular flexibility index (Phi) is 5.16. The van der Waals surface area contributed by atoms with Crippen LogP contribution in [0, 0.1) is 0 Å². The largest absolute Gasteiger partial charge is 0.478 e. The number of carboxylic acid groups (broad SMARTS) is 1. The summed E-state index contributed by atoms with van der Waals surface area (Å²) in [6.07, 6.45) is 2.80. The summed E-state index contributed by atoms with van der Waals surface area (Å²) in [4.78, 5) is 22.5. The molecule has 1 aromatic carbocycles. The van der Waals surface area contributed by atoms with Crippen LogP contribution >= 0.6 is 0 Å². The SMILES string of the molecule is O=C(NCc1ccc(C(=O)O)cc1)NC1CCC(O)CC1. The van der Waals surface area contributed by atoms with Gasteiger partial charge in [-0.2, -0.15) is 0 Å². The van der Waals surface area contributed by atoms with E-state index in [2.05, 4.69) is 10.6 Å². The van der Waals surface area contributed by atoms with Gasteiger partial charge in [-0.1, -0.05) is 12.1 Å². The summed E-state index contributed by atoms with van der Waals surface area (Å²) in [7, 11) is 0. The highest BCUT2D eigenvalue weighted by molar-refractivity contribution is 5.87. The summed E-state index contributed by atoms with van der Waals surface area (Å²) in [6, 6.07) is 6.27. The first-order valence-electron chi connectivity index (χ1n) is 7.09. The highest BCUT2D eigenvalue weighted by atomic mass is 16.4. The lowest BCUT2D eigenvalue weighted by Gasteiger charge is -2.26. The van der Waals surface area contributed by atoms with Crippen LogP contribution in [0.25, 0.3) is 0 Å². The fraction of sp³-hybridized carbons (Fsp3) is 0.467. The first-order chi connectivity index (χ1) is 10.0. The van der Waals surface area contributed by atoms with Crippen LogP contribution in [-0.4, -0.2) is 34.4 Å². The fourth-order valence-electron chi connectivity index (χ4n) is 2.40. The third-order valence-corrected chi connectivity index (χ3v) is 3.69. The van der Waals surface area contributed by atoms with Crippen LogP contribution in [0.2, 0.25) is 0 Å². The summed E-state index contributed by atoms with van der Waals surface area (Å²) < 4.78 is 0. The van der Waals surface area contributed by atoms with Crippen LogP contribution in [0.15, 0.2) is 24.3 Å². The number of amides is 2. The average Bonchev–Trinajstić information content (AvgIpc) is 2.48. The number of benzene rings is 1. The minimum Gasteiger partial charge on any atom is -0.478 e. The number of carboxylic acids is 1. The topological polar surface area (TPSA) is 98.7 Å². The molecule has 0 aliphatic heterocycles. The highest BCUT2D eigenvalue weighted by Crippen LogP contribution is 2.18. The van der Waals surface area contributed by atoms with Crippen molar-refractivity contribution in [3.63, 3.8) is 0 Å². The van der Waals surface area contributed by atoms with Crippen LogP contribution in [0.5, 0.6) is 0 Å². The lowest BCUT2D eigenvalue weighted by molar-refractivity contribution is 0.0697. The highest BCUT2D eigenvalue weighted by Gasteiger charge is 2.20. The zero-order valence-electron chi connectivity index (χ0n) is 11.7. The van der Waals surface area contributed by atoms with Gasteiger partial charge < -0.3 is 20.8 Å². The molecule has 0 aromatic heterocycles. The molecular weight excluding hydrogens is 272 g/mol. The normalized spacial score (nSPS) is 21.6. The van der Waals surface area contributed by atoms with Gasteiger partial charge in [0.2, 0.25) is 0 Å². The zero-order chi connectivity index (χ0) is 15.2. The first-order valence-corrected chi connectivity index (χ1v) is 7.09. The smallest absolute Gasteiger partial charge is 0.335 e. The Balaban J connectivity index is 1.74. The molecule has 0 bridgehead atoms. The van der Waals surface area contributed by atoms with Gasteiger partial charge >= 0.3 is 12.0 Å². The van der Waals surface area contributed by atoms with Crippen molar-refractivity contribution in [2.45, 2.75) is 44.4 Å². The Morgan fingerprint density at radius 1 is 1.10 bits per heavy atom. The molecule has 1 fully saturated rings. The van der Waals surface area contributed by atoms with Gasteiger partial charge in [-0.15, -0.1) is 0 Å². The maximum absolute atomic E-state index is 11.8. The molecule has 6 heteroatoms. The van der Waals surface area contributed by atoms with Crippen LogP contribution in [0.3, 0.4) is 0 Å². The monoisotopic (exact) mass is 292 g/mol. The molecule has 1 saturated carbocycles. The molecule has 0 radical (unpaired) electrons. The van der Waals surface area contributed by atoms with Crippen molar-refractivity contribution in [2.75, 3.05) is 0 Å². The van der Waals surface area contributed by atoms with E-state index in [0.29, 0.717) is 6.54 Å². The minimum absolute atomic E-state index is 0.114. The first kappa shape index (κ1) is 15.3. The lowest BCUT2D eigenvalue weighted by Crippen LogP contribution is -2.43. The number of carbonyl (C=O) groups is 2. The molecule has 6 nitrogen and oxygen atoms in total. The van der Waals surface area contributed by atoms with Crippen molar-refractivity contribution in [3.8, 4) is 0 Å². The Bertz CT molecular complexity index is 493. The van der Waals surface area contributed by atoms with E-state index in [1.54, 1.807) is 12.1 Å². The van der Waals surface area contributed by atoms with Gasteiger partial charge in [0.05, 0.1) is 11.7 Å². The van der Waals surface area contributed by atoms with E-state index in [-0.39, 0.29) is 23.7 Å². The number of aliphatic hydroxyl groups is 1. The quantitative estimate of drug-likeness (QED) is 0.675. The number of aromatic carboxylic acids is 1. The number of nitrogens with one attached hydrogen (secondary N) is 2. The van der Waals surface area contributed by atoms with Gasteiger partial charge in [0.15, 0.2) is 0 Å². The number of rotatable bonds is 4. The van der Waals surface area contributed by atoms with E-state index in [9.17, 15) is 14.7 Å². The maximum atomic E-state index is 11.8. The lowest BCUT2D eigenvalue weighted by atomic mass is 9.93. The number of carbonyl (C=O) groups excluding carboxylic acids is 1. The van der Waals surface area contributed by atoms with E-state index < -0.39 is 5.97 Å². The van der Waals surface area contributed by atoms with Crippen LogP contribution < -0.4 is 10.6 Å². The molecule has 0 saturated heterocycles. The Hall–Kier alpha value is -2.08.